The average molecular weight is 414 g/mol. The van der Waals surface area contributed by atoms with Crippen LogP contribution in [0.4, 0.5) is 0 Å². The molecule has 0 saturated heterocycles. The molecule has 0 aliphatic rings. The molecule has 0 atom stereocenters. The number of hydrogen-bond donors (Lipinski definition) is 0. The second-order valence-electron chi connectivity index (χ2n) is 4.65. The van der Waals surface area contributed by atoms with Gasteiger partial charge in [0.1, 0.15) is 0 Å². The monoisotopic (exact) mass is 414 g/mol. The first-order chi connectivity index (χ1) is 11.0. The fourth-order valence-electron chi connectivity index (χ4n) is 1.82. The standard InChI is InChI=1S/C14H11ClN4O2SSe/c1-10-6-8-11(9-7-10)22(20,21)19-14(16-17-18-19)23-13-5-3-2-4-12(13)15/h2-9H,1H3. The van der Waals surface area contributed by atoms with Crippen molar-refractivity contribution in [3.8, 4) is 0 Å². The third-order valence-electron chi connectivity index (χ3n) is 3.00. The van der Waals surface area contributed by atoms with E-state index in [4.69, 9.17) is 11.6 Å². The summed E-state index contributed by atoms with van der Waals surface area (Å²) in [5.41, 5.74) is 0.973. The number of aryl methyl sites for hydroxylation is 1. The second kappa shape index (κ2) is 6.41. The first kappa shape index (κ1) is 16.1. The third kappa shape index (κ3) is 3.30. The molecule has 0 unspecified atom stereocenters. The Bertz CT molecular complexity index is 941. The SMILES string of the molecule is Cc1ccc(S(=O)(=O)n2nnnc2[Se]c2ccccc2Cl)cc1. The van der Waals surface area contributed by atoms with Gasteiger partial charge in [0.25, 0.3) is 0 Å². The van der Waals surface area contributed by atoms with Gasteiger partial charge in [0.05, 0.1) is 0 Å². The van der Waals surface area contributed by atoms with Crippen LogP contribution in [0.15, 0.2) is 53.4 Å². The predicted octanol–water partition coefficient (Wildman–Crippen LogP) is 0.527. The topological polar surface area (TPSA) is 77.7 Å². The number of halogens is 1. The molecule has 6 nitrogen and oxygen atoms in total. The van der Waals surface area contributed by atoms with Crippen molar-refractivity contribution in [3.05, 3.63) is 59.1 Å². The van der Waals surface area contributed by atoms with Crippen molar-refractivity contribution < 1.29 is 8.42 Å². The van der Waals surface area contributed by atoms with Gasteiger partial charge in [-0.25, -0.2) is 0 Å². The Morgan fingerprint density at radius 2 is 1.78 bits per heavy atom. The average Bonchev–Trinajstić information content (AvgIpc) is 2.99. The van der Waals surface area contributed by atoms with Crippen molar-refractivity contribution in [1.29, 1.82) is 0 Å². The van der Waals surface area contributed by atoms with Crippen LogP contribution in [0.2, 0.25) is 5.02 Å². The molecular weight excluding hydrogens is 403 g/mol. The Balaban J connectivity index is 2.00. The summed E-state index contributed by atoms with van der Waals surface area (Å²) in [7, 11) is -3.82. The Kier molecular flexibility index (Phi) is 4.50. The number of tetrazole rings is 1. The molecule has 3 rings (SSSR count). The zero-order valence-corrected chi connectivity index (χ0v) is 15.2. The predicted molar refractivity (Wildman–Crippen MR) is 88.1 cm³/mol. The molecule has 3 aromatic rings. The third-order valence-corrected chi connectivity index (χ3v) is 7.54. The molecule has 118 valence electrons. The van der Waals surface area contributed by atoms with Gasteiger partial charge in [0.15, 0.2) is 0 Å². The van der Waals surface area contributed by atoms with E-state index in [1.54, 1.807) is 30.3 Å². The van der Waals surface area contributed by atoms with Crippen LogP contribution in [0.3, 0.4) is 0 Å². The van der Waals surface area contributed by atoms with Gasteiger partial charge in [0.2, 0.25) is 0 Å². The van der Waals surface area contributed by atoms with Crippen molar-refractivity contribution >= 4 is 45.8 Å². The van der Waals surface area contributed by atoms with Crippen LogP contribution >= 0.6 is 11.6 Å². The summed E-state index contributed by atoms with van der Waals surface area (Å²) >= 11 is 5.70. The van der Waals surface area contributed by atoms with Crippen molar-refractivity contribution in [1.82, 2.24) is 19.6 Å². The number of nitrogens with zero attached hydrogens (tertiary/aromatic N) is 4. The van der Waals surface area contributed by atoms with Gasteiger partial charge in [0, 0.05) is 0 Å². The van der Waals surface area contributed by atoms with Crippen LogP contribution in [0.5, 0.6) is 0 Å². The molecule has 0 fully saturated rings. The molecule has 2 aromatic carbocycles. The van der Waals surface area contributed by atoms with E-state index in [-0.39, 0.29) is 9.62 Å². The van der Waals surface area contributed by atoms with E-state index in [9.17, 15) is 8.42 Å². The molecule has 0 bridgehead atoms. The Labute approximate surface area is 144 Å². The zero-order chi connectivity index (χ0) is 16.4. The summed E-state index contributed by atoms with van der Waals surface area (Å²) in [5, 5.41) is 11.6. The quantitative estimate of drug-likeness (QED) is 0.583. The molecule has 0 radical (unpaired) electrons. The Hall–Kier alpha value is -1.73. The summed E-state index contributed by atoms with van der Waals surface area (Å²) in [6.07, 6.45) is 0. The number of aromatic nitrogens is 4. The second-order valence-corrected chi connectivity index (χ2v) is 8.95. The van der Waals surface area contributed by atoms with Crippen LogP contribution in [-0.2, 0) is 10.0 Å². The molecule has 23 heavy (non-hydrogen) atoms. The van der Waals surface area contributed by atoms with E-state index >= 15 is 0 Å². The normalized spacial score (nSPS) is 11.6. The molecule has 0 saturated carbocycles. The van der Waals surface area contributed by atoms with Crippen molar-refractivity contribution in [2.24, 2.45) is 0 Å². The minimum atomic E-state index is -3.82. The fraction of sp³-hybridized carbons (Fsp3) is 0.0714. The molecule has 1 aromatic heterocycles. The summed E-state index contributed by atoms with van der Waals surface area (Å²) in [4.78, 5) is 0.145. The van der Waals surface area contributed by atoms with Gasteiger partial charge in [-0.1, -0.05) is 0 Å². The molecule has 0 amide bonds. The molecule has 0 N–H and O–H groups in total. The van der Waals surface area contributed by atoms with Gasteiger partial charge in [-0.15, -0.1) is 0 Å². The van der Waals surface area contributed by atoms with Crippen LogP contribution in [0, 0.1) is 6.92 Å². The first-order valence-electron chi connectivity index (χ1n) is 6.51. The maximum atomic E-state index is 12.7. The first-order valence-corrected chi connectivity index (χ1v) is 10.0. The van der Waals surface area contributed by atoms with Crippen molar-refractivity contribution in [2.75, 3.05) is 0 Å². The van der Waals surface area contributed by atoms with E-state index < -0.39 is 25.0 Å². The minimum absolute atomic E-state index is 0.145. The van der Waals surface area contributed by atoms with Crippen LogP contribution in [0.1, 0.15) is 5.56 Å². The van der Waals surface area contributed by atoms with Crippen LogP contribution < -0.4 is 9.18 Å². The molecular formula is C14H11ClN4O2SSe. The zero-order valence-electron chi connectivity index (χ0n) is 11.9. The Morgan fingerprint density at radius 1 is 1.09 bits per heavy atom. The number of rotatable bonds is 4. The van der Waals surface area contributed by atoms with E-state index in [0.717, 1.165) is 14.1 Å². The molecule has 0 aliphatic heterocycles. The van der Waals surface area contributed by atoms with E-state index in [0.29, 0.717) is 5.02 Å². The van der Waals surface area contributed by atoms with Gasteiger partial charge in [-0.3, -0.25) is 0 Å². The number of hydrogen-bond acceptors (Lipinski definition) is 5. The maximum absolute atomic E-state index is 12.7. The van der Waals surface area contributed by atoms with Crippen molar-refractivity contribution in [2.45, 2.75) is 11.8 Å². The molecule has 0 spiro atoms. The summed E-state index contributed by atoms with van der Waals surface area (Å²) in [5.74, 6) is 0. The van der Waals surface area contributed by atoms with Gasteiger partial charge < -0.3 is 0 Å². The summed E-state index contributed by atoms with van der Waals surface area (Å²) in [6.45, 7) is 1.89. The van der Waals surface area contributed by atoms with Gasteiger partial charge in [-0.2, -0.15) is 0 Å². The molecule has 0 aliphatic carbocycles. The number of benzene rings is 2. The van der Waals surface area contributed by atoms with Gasteiger partial charge in [-0.05, 0) is 0 Å². The fourth-order valence-corrected chi connectivity index (χ4v) is 5.49. The molecule has 9 heteroatoms. The summed E-state index contributed by atoms with van der Waals surface area (Å²) in [6, 6.07) is 13.8. The van der Waals surface area contributed by atoms with Gasteiger partial charge >= 0.3 is 145 Å². The Morgan fingerprint density at radius 3 is 2.48 bits per heavy atom. The van der Waals surface area contributed by atoms with E-state index in [1.807, 2.05) is 25.1 Å². The van der Waals surface area contributed by atoms with Crippen LogP contribution in [-0.4, -0.2) is 43.0 Å². The van der Waals surface area contributed by atoms with E-state index in [2.05, 4.69) is 15.5 Å². The van der Waals surface area contributed by atoms with Crippen molar-refractivity contribution in [3.63, 3.8) is 0 Å². The van der Waals surface area contributed by atoms with E-state index in [1.165, 1.54) is 0 Å². The summed E-state index contributed by atoms with van der Waals surface area (Å²) < 4.78 is 27.4. The van der Waals surface area contributed by atoms with Crippen LogP contribution in [0.25, 0.3) is 0 Å². The molecule has 1 heterocycles.